The van der Waals surface area contributed by atoms with Crippen molar-refractivity contribution in [1.29, 1.82) is 0 Å². The number of phenols is 1. The molecule has 0 bridgehead atoms. The van der Waals surface area contributed by atoms with Gasteiger partial charge in [-0.2, -0.15) is 0 Å². The van der Waals surface area contributed by atoms with Crippen LogP contribution in [0.15, 0.2) is 24.3 Å². The summed E-state index contributed by atoms with van der Waals surface area (Å²) in [6, 6.07) is 8.10. The van der Waals surface area contributed by atoms with Crippen LogP contribution in [0.4, 0.5) is 0 Å². The summed E-state index contributed by atoms with van der Waals surface area (Å²) in [4.78, 5) is 0. The Bertz CT molecular complexity index is 332. The fourth-order valence-electron chi connectivity index (χ4n) is 2.17. The zero-order valence-corrected chi connectivity index (χ0v) is 12.7. The van der Waals surface area contributed by atoms with Gasteiger partial charge in [-0.3, -0.25) is 0 Å². The molecule has 2 nitrogen and oxygen atoms in total. The Morgan fingerprint density at radius 2 is 1.68 bits per heavy atom. The highest BCUT2D eigenvalue weighted by Crippen LogP contribution is 2.12. The predicted octanol–water partition coefficient (Wildman–Crippen LogP) is 4.13. The van der Waals surface area contributed by atoms with Crippen LogP contribution in [0.3, 0.4) is 0 Å². The van der Waals surface area contributed by atoms with E-state index in [2.05, 4.69) is 26.1 Å². The summed E-state index contributed by atoms with van der Waals surface area (Å²) >= 11 is 0. The number of benzene rings is 1. The van der Waals surface area contributed by atoms with E-state index in [4.69, 9.17) is 0 Å². The molecule has 0 aliphatic rings. The summed E-state index contributed by atoms with van der Waals surface area (Å²) in [5.74, 6) is 1.17. The quantitative estimate of drug-likeness (QED) is 0.657. The summed E-state index contributed by atoms with van der Waals surface area (Å²) in [7, 11) is 0. The largest absolute Gasteiger partial charge is 0.508 e. The SMILES string of the molecule is CC(C)CCCCNC(C)CCc1ccc(O)cc1. The van der Waals surface area contributed by atoms with E-state index in [0.717, 1.165) is 25.3 Å². The van der Waals surface area contributed by atoms with Crippen LogP contribution in [0.2, 0.25) is 0 Å². The average Bonchev–Trinajstić information content (AvgIpc) is 2.37. The Hall–Kier alpha value is -1.02. The van der Waals surface area contributed by atoms with Crippen LogP contribution < -0.4 is 5.32 Å². The highest BCUT2D eigenvalue weighted by Gasteiger charge is 2.02. The number of phenolic OH excluding ortho intramolecular Hbond substituents is 1. The lowest BCUT2D eigenvalue weighted by Gasteiger charge is -2.14. The van der Waals surface area contributed by atoms with Crippen molar-refractivity contribution in [1.82, 2.24) is 5.32 Å². The molecule has 19 heavy (non-hydrogen) atoms. The zero-order valence-electron chi connectivity index (χ0n) is 12.7. The molecule has 0 aromatic heterocycles. The summed E-state index contributed by atoms with van der Waals surface area (Å²) in [5.41, 5.74) is 1.30. The van der Waals surface area contributed by atoms with Gasteiger partial charge in [-0.05, 0) is 56.3 Å². The molecule has 0 aliphatic heterocycles. The lowest BCUT2D eigenvalue weighted by Crippen LogP contribution is -2.27. The molecular weight excluding hydrogens is 234 g/mol. The van der Waals surface area contributed by atoms with Crippen LogP contribution in [0.25, 0.3) is 0 Å². The monoisotopic (exact) mass is 263 g/mol. The standard InChI is InChI=1S/C17H29NO/c1-14(2)6-4-5-13-18-15(3)7-8-16-9-11-17(19)12-10-16/h9-12,14-15,18-19H,4-8,13H2,1-3H3. The third-order valence-electron chi connectivity index (χ3n) is 3.50. The summed E-state index contributed by atoms with van der Waals surface area (Å²) < 4.78 is 0. The number of hydrogen-bond acceptors (Lipinski definition) is 2. The lowest BCUT2D eigenvalue weighted by molar-refractivity contribution is 0.472. The van der Waals surface area contributed by atoms with Gasteiger partial charge in [0.15, 0.2) is 0 Å². The van der Waals surface area contributed by atoms with Gasteiger partial charge >= 0.3 is 0 Å². The van der Waals surface area contributed by atoms with Crippen molar-refractivity contribution in [2.24, 2.45) is 5.92 Å². The van der Waals surface area contributed by atoms with E-state index in [-0.39, 0.29) is 0 Å². The number of nitrogens with one attached hydrogen (secondary N) is 1. The summed E-state index contributed by atoms with van der Waals surface area (Å²) in [5, 5.41) is 12.8. The lowest BCUT2D eigenvalue weighted by atomic mass is 10.0. The maximum atomic E-state index is 9.23. The normalized spacial score (nSPS) is 12.8. The van der Waals surface area contributed by atoms with E-state index in [1.807, 2.05) is 12.1 Å². The molecule has 0 radical (unpaired) electrons. The van der Waals surface area contributed by atoms with Crippen LogP contribution in [0, 0.1) is 5.92 Å². The first-order chi connectivity index (χ1) is 9.08. The molecule has 108 valence electrons. The maximum absolute atomic E-state index is 9.23. The third-order valence-corrected chi connectivity index (χ3v) is 3.50. The fraction of sp³-hybridized carbons (Fsp3) is 0.647. The van der Waals surface area contributed by atoms with Crippen molar-refractivity contribution in [3.05, 3.63) is 29.8 Å². The number of aromatic hydroxyl groups is 1. The number of aryl methyl sites for hydroxylation is 1. The van der Waals surface area contributed by atoms with Crippen LogP contribution >= 0.6 is 0 Å². The van der Waals surface area contributed by atoms with Gasteiger partial charge in [-0.1, -0.05) is 38.8 Å². The third kappa shape index (κ3) is 7.89. The van der Waals surface area contributed by atoms with E-state index in [1.165, 1.54) is 24.8 Å². The van der Waals surface area contributed by atoms with Crippen molar-refractivity contribution < 1.29 is 5.11 Å². The second-order valence-corrected chi connectivity index (χ2v) is 5.95. The molecule has 1 aromatic rings. The highest BCUT2D eigenvalue weighted by molar-refractivity contribution is 5.25. The van der Waals surface area contributed by atoms with E-state index in [1.54, 1.807) is 12.1 Å². The van der Waals surface area contributed by atoms with Gasteiger partial charge < -0.3 is 10.4 Å². The molecule has 0 amide bonds. The molecule has 0 aliphatic carbocycles. The van der Waals surface area contributed by atoms with E-state index in [0.29, 0.717) is 11.8 Å². The Labute approximate surface area is 118 Å². The molecule has 0 heterocycles. The second-order valence-electron chi connectivity index (χ2n) is 5.95. The Morgan fingerprint density at radius 1 is 1.00 bits per heavy atom. The Balaban J connectivity index is 2.07. The topological polar surface area (TPSA) is 32.3 Å². The number of hydrogen-bond donors (Lipinski definition) is 2. The van der Waals surface area contributed by atoms with E-state index >= 15 is 0 Å². The zero-order chi connectivity index (χ0) is 14.1. The van der Waals surface area contributed by atoms with Gasteiger partial charge in [-0.25, -0.2) is 0 Å². The van der Waals surface area contributed by atoms with Gasteiger partial charge in [0.25, 0.3) is 0 Å². The number of rotatable bonds is 9. The van der Waals surface area contributed by atoms with Gasteiger partial charge in [0.05, 0.1) is 0 Å². The molecule has 2 heteroatoms. The predicted molar refractivity (Wildman–Crippen MR) is 82.6 cm³/mol. The van der Waals surface area contributed by atoms with Gasteiger partial charge in [-0.15, -0.1) is 0 Å². The van der Waals surface area contributed by atoms with Crippen LogP contribution in [-0.4, -0.2) is 17.7 Å². The average molecular weight is 263 g/mol. The maximum Gasteiger partial charge on any atom is 0.115 e. The fourth-order valence-corrected chi connectivity index (χ4v) is 2.17. The molecule has 0 saturated carbocycles. The van der Waals surface area contributed by atoms with Crippen molar-refractivity contribution in [3.63, 3.8) is 0 Å². The molecule has 0 fully saturated rings. The van der Waals surface area contributed by atoms with Crippen molar-refractivity contribution >= 4 is 0 Å². The Kier molecular flexibility index (Phi) is 7.57. The molecule has 2 N–H and O–H groups in total. The first kappa shape index (κ1) is 16.0. The van der Waals surface area contributed by atoms with Crippen LogP contribution in [0.5, 0.6) is 5.75 Å². The van der Waals surface area contributed by atoms with Gasteiger partial charge in [0, 0.05) is 6.04 Å². The minimum Gasteiger partial charge on any atom is -0.508 e. The molecule has 1 unspecified atom stereocenters. The van der Waals surface area contributed by atoms with Gasteiger partial charge in [0.1, 0.15) is 5.75 Å². The molecule has 1 rings (SSSR count). The molecule has 0 spiro atoms. The minimum atomic E-state index is 0.347. The van der Waals surface area contributed by atoms with Crippen molar-refractivity contribution in [2.75, 3.05) is 6.54 Å². The molecular formula is C17H29NO. The van der Waals surface area contributed by atoms with Crippen LogP contribution in [-0.2, 0) is 6.42 Å². The smallest absolute Gasteiger partial charge is 0.115 e. The number of unbranched alkanes of at least 4 members (excludes halogenated alkanes) is 1. The highest BCUT2D eigenvalue weighted by atomic mass is 16.3. The van der Waals surface area contributed by atoms with Gasteiger partial charge in [0.2, 0.25) is 0 Å². The minimum absolute atomic E-state index is 0.347. The second kappa shape index (κ2) is 8.98. The summed E-state index contributed by atoms with van der Waals surface area (Å²) in [6.07, 6.45) is 6.16. The molecule has 1 aromatic carbocycles. The van der Waals surface area contributed by atoms with Crippen molar-refractivity contribution in [2.45, 2.75) is 58.9 Å². The van der Waals surface area contributed by atoms with Crippen LogP contribution in [0.1, 0.15) is 52.0 Å². The molecule has 1 atom stereocenters. The molecule has 0 saturated heterocycles. The van der Waals surface area contributed by atoms with Crippen molar-refractivity contribution in [3.8, 4) is 5.75 Å². The van der Waals surface area contributed by atoms with E-state index < -0.39 is 0 Å². The van der Waals surface area contributed by atoms with E-state index in [9.17, 15) is 5.11 Å². The summed E-state index contributed by atoms with van der Waals surface area (Å²) in [6.45, 7) is 7.95. The Morgan fingerprint density at radius 3 is 2.32 bits per heavy atom. The first-order valence-corrected chi connectivity index (χ1v) is 7.59. The first-order valence-electron chi connectivity index (χ1n) is 7.59.